The number of likely N-dealkylation sites (tertiary alicyclic amines) is 1. The molecule has 0 N–H and O–H groups in total. The van der Waals surface area contributed by atoms with Crippen LogP contribution in [0.1, 0.15) is 16.8 Å². The van der Waals surface area contributed by atoms with E-state index in [1.54, 1.807) is 29.3 Å². The van der Waals surface area contributed by atoms with E-state index in [9.17, 15) is 9.18 Å². The molecule has 2 heterocycles. The van der Waals surface area contributed by atoms with E-state index in [0.29, 0.717) is 10.9 Å². The van der Waals surface area contributed by atoms with Crippen molar-refractivity contribution in [2.45, 2.75) is 6.42 Å². The highest BCUT2D eigenvalue weighted by Crippen LogP contribution is 2.22. The number of hydrogen-bond acceptors (Lipinski definition) is 2. The summed E-state index contributed by atoms with van der Waals surface area (Å²) in [5, 5.41) is 0.402. The largest absolute Gasteiger partial charge is 0.338 e. The number of pyridine rings is 1. The maximum Gasteiger partial charge on any atom is 0.256 e. The molecule has 0 spiro atoms. The van der Waals surface area contributed by atoms with Crippen LogP contribution in [0.15, 0.2) is 30.5 Å². The van der Waals surface area contributed by atoms with E-state index in [0.717, 1.165) is 19.5 Å². The molecule has 1 aliphatic rings. The van der Waals surface area contributed by atoms with E-state index in [1.807, 2.05) is 0 Å². The van der Waals surface area contributed by atoms with Crippen molar-refractivity contribution in [1.29, 1.82) is 0 Å². The highest BCUT2D eigenvalue weighted by molar-refractivity contribution is 5.98. The minimum Gasteiger partial charge on any atom is -0.338 e. The summed E-state index contributed by atoms with van der Waals surface area (Å²) in [6.45, 7) is 1.45. The molecular formula is C13H11FN2O. The number of benzene rings is 1. The summed E-state index contributed by atoms with van der Waals surface area (Å²) in [5.74, 6) is -0.688. The molecular weight excluding hydrogens is 219 g/mol. The molecule has 1 amide bonds. The average molecular weight is 230 g/mol. The van der Waals surface area contributed by atoms with E-state index >= 15 is 0 Å². The molecule has 4 heteroatoms. The Morgan fingerprint density at radius 1 is 1.29 bits per heavy atom. The van der Waals surface area contributed by atoms with Gasteiger partial charge < -0.3 is 4.90 Å². The Morgan fingerprint density at radius 2 is 2.12 bits per heavy atom. The Bertz CT molecular complexity index is 593. The lowest BCUT2D eigenvalue weighted by Gasteiger charge is -2.31. The number of hydrogen-bond donors (Lipinski definition) is 0. The topological polar surface area (TPSA) is 33.2 Å². The molecule has 17 heavy (non-hydrogen) atoms. The summed E-state index contributed by atoms with van der Waals surface area (Å²) >= 11 is 0. The summed E-state index contributed by atoms with van der Waals surface area (Å²) < 4.78 is 14.2. The van der Waals surface area contributed by atoms with Gasteiger partial charge in [-0.15, -0.1) is 0 Å². The SMILES string of the molecule is O=C(c1ccc2ncccc2c1F)N1CCC1. The monoisotopic (exact) mass is 230 g/mol. The van der Waals surface area contributed by atoms with Crippen LogP contribution >= 0.6 is 0 Å². The molecule has 0 aliphatic carbocycles. The summed E-state index contributed by atoms with van der Waals surface area (Å²) in [6.07, 6.45) is 2.61. The first-order valence-electron chi connectivity index (χ1n) is 5.60. The average Bonchev–Trinajstić information content (AvgIpc) is 2.27. The third kappa shape index (κ3) is 1.56. The summed E-state index contributed by atoms with van der Waals surface area (Å²) in [7, 11) is 0. The van der Waals surface area contributed by atoms with Gasteiger partial charge in [0.1, 0.15) is 5.82 Å². The Balaban J connectivity index is 2.10. The van der Waals surface area contributed by atoms with Crippen molar-refractivity contribution >= 4 is 16.8 Å². The van der Waals surface area contributed by atoms with Crippen LogP contribution in [-0.2, 0) is 0 Å². The molecule has 3 nitrogen and oxygen atoms in total. The lowest BCUT2D eigenvalue weighted by atomic mass is 10.1. The Morgan fingerprint density at radius 3 is 2.82 bits per heavy atom. The molecule has 0 bridgehead atoms. The third-order valence-electron chi connectivity index (χ3n) is 3.09. The second-order valence-corrected chi connectivity index (χ2v) is 4.14. The molecule has 0 unspecified atom stereocenters. The van der Waals surface area contributed by atoms with Crippen molar-refractivity contribution in [1.82, 2.24) is 9.88 Å². The number of halogens is 1. The van der Waals surface area contributed by atoms with Crippen LogP contribution < -0.4 is 0 Å². The van der Waals surface area contributed by atoms with Crippen molar-refractivity contribution in [2.24, 2.45) is 0 Å². The molecule has 1 aromatic heterocycles. The molecule has 3 rings (SSSR count). The fourth-order valence-electron chi connectivity index (χ4n) is 1.97. The zero-order chi connectivity index (χ0) is 11.8. The number of aromatic nitrogens is 1. The predicted molar refractivity (Wildman–Crippen MR) is 62.2 cm³/mol. The number of fused-ring (bicyclic) bond motifs is 1. The van der Waals surface area contributed by atoms with Gasteiger partial charge in [0.25, 0.3) is 5.91 Å². The number of amides is 1. The van der Waals surface area contributed by atoms with Gasteiger partial charge in [0.15, 0.2) is 0 Å². The van der Waals surface area contributed by atoms with Crippen LogP contribution in [0.4, 0.5) is 4.39 Å². The van der Waals surface area contributed by atoms with Gasteiger partial charge in [0.05, 0.1) is 11.1 Å². The van der Waals surface area contributed by atoms with E-state index in [-0.39, 0.29) is 11.5 Å². The van der Waals surface area contributed by atoms with Crippen LogP contribution in [0.5, 0.6) is 0 Å². The molecule has 0 radical (unpaired) electrons. The van der Waals surface area contributed by atoms with Gasteiger partial charge >= 0.3 is 0 Å². The van der Waals surface area contributed by atoms with E-state index in [1.165, 1.54) is 6.07 Å². The van der Waals surface area contributed by atoms with Crippen LogP contribution in [-0.4, -0.2) is 28.9 Å². The first kappa shape index (κ1) is 10.2. The Labute approximate surface area is 97.9 Å². The molecule has 1 fully saturated rings. The van der Waals surface area contributed by atoms with Crippen LogP contribution in [0.3, 0.4) is 0 Å². The van der Waals surface area contributed by atoms with Gasteiger partial charge in [-0.05, 0) is 30.7 Å². The number of nitrogens with zero attached hydrogens (tertiary/aromatic N) is 2. The summed E-state index contributed by atoms with van der Waals surface area (Å²) in [4.78, 5) is 17.7. The smallest absolute Gasteiger partial charge is 0.256 e. The zero-order valence-corrected chi connectivity index (χ0v) is 9.19. The second kappa shape index (κ2) is 3.80. The van der Waals surface area contributed by atoms with Gasteiger partial charge in [-0.1, -0.05) is 0 Å². The Kier molecular flexibility index (Phi) is 2.28. The van der Waals surface area contributed by atoms with Gasteiger partial charge in [-0.25, -0.2) is 4.39 Å². The minimum absolute atomic E-state index is 0.144. The molecule has 2 aromatic rings. The van der Waals surface area contributed by atoms with E-state index < -0.39 is 5.82 Å². The van der Waals surface area contributed by atoms with Crippen LogP contribution in [0.2, 0.25) is 0 Å². The van der Waals surface area contributed by atoms with Gasteiger partial charge in [-0.2, -0.15) is 0 Å². The predicted octanol–water partition coefficient (Wildman–Crippen LogP) is 2.22. The summed E-state index contributed by atoms with van der Waals surface area (Å²) in [6, 6.07) is 6.52. The highest BCUT2D eigenvalue weighted by atomic mass is 19.1. The molecule has 1 saturated heterocycles. The zero-order valence-electron chi connectivity index (χ0n) is 9.19. The molecule has 1 aliphatic heterocycles. The lowest BCUT2D eigenvalue weighted by molar-refractivity contribution is 0.0647. The van der Waals surface area contributed by atoms with Crippen LogP contribution in [0.25, 0.3) is 10.9 Å². The second-order valence-electron chi connectivity index (χ2n) is 4.14. The van der Waals surface area contributed by atoms with Gasteiger partial charge in [0.2, 0.25) is 0 Å². The van der Waals surface area contributed by atoms with Crippen molar-refractivity contribution in [3.05, 3.63) is 41.8 Å². The molecule has 0 saturated carbocycles. The van der Waals surface area contributed by atoms with E-state index in [2.05, 4.69) is 4.98 Å². The van der Waals surface area contributed by atoms with Crippen molar-refractivity contribution in [3.63, 3.8) is 0 Å². The standard InChI is InChI=1S/C13H11FN2O/c14-12-9-3-1-6-15-11(9)5-4-10(12)13(17)16-7-2-8-16/h1,3-6H,2,7-8H2. The highest BCUT2D eigenvalue weighted by Gasteiger charge is 2.24. The Hall–Kier alpha value is -1.97. The third-order valence-corrected chi connectivity index (χ3v) is 3.09. The fourth-order valence-corrected chi connectivity index (χ4v) is 1.97. The number of rotatable bonds is 1. The van der Waals surface area contributed by atoms with Crippen molar-refractivity contribution in [2.75, 3.05) is 13.1 Å². The number of carbonyl (C=O) groups is 1. The first-order valence-corrected chi connectivity index (χ1v) is 5.60. The quantitative estimate of drug-likeness (QED) is 0.752. The van der Waals surface area contributed by atoms with Crippen molar-refractivity contribution < 1.29 is 9.18 Å². The normalized spacial score (nSPS) is 14.8. The number of carbonyl (C=O) groups excluding carboxylic acids is 1. The maximum absolute atomic E-state index is 14.2. The van der Waals surface area contributed by atoms with Gasteiger partial charge in [-0.3, -0.25) is 9.78 Å². The van der Waals surface area contributed by atoms with Gasteiger partial charge in [0, 0.05) is 24.7 Å². The fraction of sp³-hybridized carbons (Fsp3) is 0.231. The minimum atomic E-state index is -0.465. The maximum atomic E-state index is 14.2. The molecule has 1 aromatic carbocycles. The molecule has 0 atom stereocenters. The lowest BCUT2D eigenvalue weighted by Crippen LogP contribution is -2.42. The van der Waals surface area contributed by atoms with Crippen LogP contribution in [0, 0.1) is 5.82 Å². The molecule has 86 valence electrons. The summed E-state index contributed by atoms with van der Waals surface area (Å²) in [5.41, 5.74) is 0.718. The van der Waals surface area contributed by atoms with E-state index in [4.69, 9.17) is 0 Å². The first-order chi connectivity index (χ1) is 8.27. The van der Waals surface area contributed by atoms with Crippen molar-refractivity contribution in [3.8, 4) is 0 Å².